The first-order chi connectivity index (χ1) is 14.3. The minimum atomic E-state index is -4.85. The van der Waals surface area contributed by atoms with E-state index < -0.39 is 48.5 Å². The Balaban J connectivity index is 2.32. The first-order valence-corrected chi connectivity index (χ1v) is 12.2. The summed E-state index contributed by atoms with van der Waals surface area (Å²) >= 11 is 11.5. The number of methoxy groups -OCH3 is 1. The quantitative estimate of drug-likeness (QED) is 0.515. The SMILES string of the molecule is COC(=O)CCS(=O)Cc1ccc(Cl)cc1NS(=O)(=O)c1ccc(Cl)c(C(F)(F)F)c1. The molecule has 0 heterocycles. The molecular formula is C18H16Cl2F3NO5S2. The predicted molar refractivity (Wildman–Crippen MR) is 112 cm³/mol. The molecule has 1 unspecified atom stereocenters. The molecule has 6 nitrogen and oxygen atoms in total. The molecule has 0 spiro atoms. The summed E-state index contributed by atoms with van der Waals surface area (Å²) in [5.41, 5.74) is -1.07. The van der Waals surface area contributed by atoms with Crippen LogP contribution in [-0.2, 0) is 42.3 Å². The molecule has 2 aromatic rings. The number of esters is 1. The number of ether oxygens (including phenoxy) is 1. The number of nitrogens with one attached hydrogen (secondary N) is 1. The van der Waals surface area contributed by atoms with Gasteiger partial charge in [0.15, 0.2) is 0 Å². The Morgan fingerprint density at radius 2 is 1.84 bits per heavy atom. The molecule has 0 saturated carbocycles. The summed E-state index contributed by atoms with van der Waals surface area (Å²) in [6.07, 6.45) is -4.94. The topological polar surface area (TPSA) is 89.5 Å². The highest BCUT2D eigenvalue weighted by atomic mass is 35.5. The van der Waals surface area contributed by atoms with Gasteiger partial charge < -0.3 is 4.74 Å². The van der Waals surface area contributed by atoms with Crippen molar-refractivity contribution in [1.29, 1.82) is 0 Å². The molecule has 0 aromatic heterocycles. The van der Waals surface area contributed by atoms with Crippen molar-refractivity contribution in [2.24, 2.45) is 0 Å². The molecule has 0 aliphatic heterocycles. The third-order valence-corrected chi connectivity index (χ3v) is 7.17. The van der Waals surface area contributed by atoms with Crippen molar-refractivity contribution in [2.45, 2.75) is 23.2 Å². The highest BCUT2D eigenvalue weighted by Crippen LogP contribution is 2.36. The average Bonchev–Trinajstić information content (AvgIpc) is 2.67. The second kappa shape index (κ2) is 10.2. The van der Waals surface area contributed by atoms with Crippen LogP contribution in [0.2, 0.25) is 10.0 Å². The van der Waals surface area contributed by atoms with E-state index in [0.717, 1.165) is 12.1 Å². The fraction of sp³-hybridized carbons (Fsp3) is 0.278. The predicted octanol–water partition coefficient (Wildman–Crippen LogP) is 4.62. The maximum absolute atomic E-state index is 13.1. The molecule has 0 aliphatic rings. The summed E-state index contributed by atoms with van der Waals surface area (Å²) in [5.74, 6) is -0.692. The van der Waals surface area contributed by atoms with Gasteiger partial charge in [-0.1, -0.05) is 29.3 Å². The van der Waals surface area contributed by atoms with E-state index in [1.165, 1.54) is 25.3 Å². The Hall–Kier alpha value is -1.82. The highest BCUT2D eigenvalue weighted by molar-refractivity contribution is 7.92. The summed E-state index contributed by atoms with van der Waals surface area (Å²) in [7, 11) is -4.81. The van der Waals surface area contributed by atoms with Crippen LogP contribution < -0.4 is 4.72 Å². The first-order valence-electron chi connectivity index (χ1n) is 8.43. The fourth-order valence-electron chi connectivity index (χ4n) is 2.41. The lowest BCUT2D eigenvalue weighted by atomic mass is 10.2. The number of hydrogen-bond acceptors (Lipinski definition) is 5. The van der Waals surface area contributed by atoms with E-state index >= 15 is 0 Å². The molecule has 170 valence electrons. The Bertz CT molecular complexity index is 1110. The highest BCUT2D eigenvalue weighted by Gasteiger charge is 2.34. The van der Waals surface area contributed by atoms with Crippen molar-refractivity contribution < 1.29 is 35.3 Å². The van der Waals surface area contributed by atoms with Gasteiger partial charge in [-0.3, -0.25) is 13.7 Å². The molecule has 13 heteroatoms. The van der Waals surface area contributed by atoms with Gasteiger partial charge in [0, 0.05) is 21.6 Å². The van der Waals surface area contributed by atoms with Gasteiger partial charge >= 0.3 is 12.1 Å². The van der Waals surface area contributed by atoms with Gasteiger partial charge in [0.1, 0.15) is 0 Å². The molecule has 0 radical (unpaired) electrons. The number of carbonyl (C=O) groups excluding carboxylic acids is 1. The number of carbonyl (C=O) groups is 1. The fourth-order valence-corrected chi connectivity index (χ4v) is 5.06. The second-order valence-corrected chi connectivity index (χ2v) is 10.3. The van der Waals surface area contributed by atoms with Crippen molar-refractivity contribution in [2.75, 3.05) is 17.6 Å². The molecule has 0 fully saturated rings. The number of rotatable bonds is 8. The van der Waals surface area contributed by atoms with E-state index in [4.69, 9.17) is 23.2 Å². The monoisotopic (exact) mass is 517 g/mol. The van der Waals surface area contributed by atoms with Crippen molar-refractivity contribution >= 4 is 55.7 Å². The Morgan fingerprint density at radius 1 is 1.16 bits per heavy atom. The van der Waals surface area contributed by atoms with Crippen molar-refractivity contribution in [3.05, 3.63) is 57.6 Å². The Morgan fingerprint density at radius 3 is 2.45 bits per heavy atom. The number of sulfonamides is 1. The van der Waals surface area contributed by atoms with Crippen LogP contribution in [-0.4, -0.2) is 31.5 Å². The van der Waals surface area contributed by atoms with Gasteiger partial charge in [-0.05, 0) is 35.9 Å². The maximum Gasteiger partial charge on any atom is 0.417 e. The zero-order valence-corrected chi connectivity index (χ0v) is 19.0. The van der Waals surface area contributed by atoms with Crippen molar-refractivity contribution in [3.63, 3.8) is 0 Å². The molecule has 1 N–H and O–H groups in total. The number of benzene rings is 2. The molecule has 0 aliphatic carbocycles. The minimum Gasteiger partial charge on any atom is -0.469 e. The molecule has 0 bridgehead atoms. The lowest BCUT2D eigenvalue weighted by Crippen LogP contribution is -2.17. The van der Waals surface area contributed by atoms with E-state index in [9.17, 15) is 30.6 Å². The van der Waals surface area contributed by atoms with Crippen LogP contribution in [0.15, 0.2) is 41.3 Å². The van der Waals surface area contributed by atoms with E-state index in [1.54, 1.807) is 0 Å². The van der Waals surface area contributed by atoms with Crippen LogP contribution in [0, 0.1) is 0 Å². The molecule has 2 aromatic carbocycles. The molecule has 1 atom stereocenters. The van der Waals surface area contributed by atoms with Gasteiger partial charge in [0.2, 0.25) is 0 Å². The summed E-state index contributed by atoms with van der Waals surface area (Å²) in [4.78, 5) is 10.5. The largest absolute Gasteiger partial charge is 0.469 e. The smallest absolute Gasteiger partial charge is 0.417 e. The van der Waals surface area contributed by atoms with Gasteiger partial charge in [0.05, 0.1) is 40.5 Å². The van der Waals surface area contributed by atoms with Crippen LogP contribution in [0.3, 0.4) is 0 Å². The molecule has 2 rings (SSSR count). The normalized spacial score (nSPS) is 13.0. The lowest BCUT2D eigenvalue weighted by Gasteiger charge is -2.15. The number of hydrogen-bond donors (Lipinski definition) is 1. The molecule has 0 amide bonds. The lowest BCUT2D eigenvalue weighted by molar-refractivity contribution is -0.140. The molecule has 0 saturated heterocycles. The van der Waals surface area contributed by atoms with Gasteiger partial charge in [-0.15, -0.1) is 0 Å². The van der Waals surface area contributed by atoms with Gasteiger partial charge in [-0.25, -0.2) is 8.42 Å². The van der Waals surface area contributed by atoms with E-state index in [1.807, 2.05) is 0 Å². The molecular weight excluding hydrogens is 502 g/mol. The third kappa shape index (κ3) is 7.09. The van der Waals surface area contributed by atoms with Crippen LogP contribution in [0.5, 0.6) is 0 Å². The Labute approximate surface area is 189 Å². The van der Waals surface area contributed by atoms with Crippen LogP contribution in [0.25, 0.3) is 0 Å². The van der Waals surface area contributed by atoms with Gasteiger partial charge in [-0.2, -0.15) is 13.2 Å². The van der Waals surface area contributed by atoms with E-state index in [-0.39, 0.29) is 34.2 Å². The summed E-state index contributed by atoms with van der Waals surface area (Å²) in [6.45, 7) is 0. The zero-order chi connectivity index (χ0) is 23.4. The molecule has 31 heavy (non-hydrogen) atoms. The summed E-state index contributed by atoms with van der Waals surface area (Å²) < 4.78 is 83.5. The van der Waals surface area contributed by atoms with Crippen molar-refractivity contribution in [3.8, 4) is 0 Å². The van der Waals surface area contributed by atoms with Crippen LogP contribution in [0.1, 0.15) is 17.5 Å². The van der Waals surface area contributed by atoms with Crippen molar-refractivity contribution in [1.82, 2.24) is 0 Å². The summed E-state index contributed by atoms with van der Waals surface area (Å²) in [6, 6.07) is 6.30. The maximum atomic E-state index is 13.1. The van der Waals surface area contributed by atoms with Crippen LogP contribution >= 0.6 is 23.2 Å². The first kappa shape index (κ1) is 25.4. The van der Waals surface area contributed by atoms with Crippen LogP contribution in [0.4, 0.5) is 18.9 Å². The summed E-state index contributed by atoms with van der Waals surface area (Å²) in [5, 5.41) is -0.496. The number of anilines is 1. The Kier molecular flexibility index (Phi) is 8.37. The average molecular weight is 518 g/mol. The van der Waals surface area contributed by atoms with E-state index in [2.05, 4.69) is 9.46 Å². The standard InChI is InChI=1S/C18H16Cl2F3NO5S2/c1-29-17(25)6-7-30(26)10-11-2-3-12(19)8-16(11)24-31(27,28)13-4-5-15(20)14(9-13)18(21,22)23/h2-5,8-9,24H,6-7,10H2,1H3. The van der Waals surface area contributed by atoms with Gasteiger partial charge in [0.25, 0.3) is 10.0 Å². The zero-order valence-electron chi connectivity index (χ0n) is 15.8. The second-order valence-electron chi connectivity index (χ2n) is 6.16. The minimum absolute atomic E-state index is 0.0202. The number of alkyl halides is 3. The third-order valence-electron chi connectivity index (χ3n) is 3.95. The van der Waals surface area contributed by atoms with E-state index in [0.29, 0.717) is 6.07 Å². The number of halogens is 5.